The number of rotatable bonds is 7. The Morgan fingerprint density at radius 2 is 1.94 bits per heavy atom. The van der Waals surface area contributed by atoms with Crippen molar-refractivity contribution in [2.45, 2.75) is 38.6 Å². The summed E-state index contributed by atoms with van der Waals surface area (Å²) in [5, 5.41) is 0.758. The Kier molecular flexibility index (Phi) is 7.55. The molecule has 0 unspecified atom stereocenters. The van der Waals surface area contributed by atoms with Crippen molar-refractivity contribution in [1.29, 1.82) is 0 Å². The third-order valence-corrected chi connectivity index (χ3v) is 7.04. The van der Waals surface area contributed by atoms with Gasteiger partial charge in [0.05, 0.1) is 17.7 Å². The predicted molar refractivity (Wildman–Crippen MR) is 136 cm³/mol. The van der Waals surface area contributed by atoms with Crippen LogP contribution in [0.1, 0.15) is 38.2 Å². The highest BCUT2D eigenvalue weighted by Crippen LogP contribution is 2.40. The van der Waals surface area contributed by atoms with Gasteiger partial charge in [-0.05, 0) is 66.4 Å². The lowest BCUT2D eigenvalue weighted by molar-refractivity contribution is -0.124. The van der Waals surface area contributed by atoms with Gasteiger partial charge in [0, 0.05) is 6.04 Å². The van der Waals surface area contributed by atoms with Gasteiger partial charge < -0.3 is 9.47 Å². The first-order valence-corrected chi connectivity index (χ1v) is 12.2. The van der Waals surface area contributed by atoms with Gasteiger partial charge in [-0.15, -0.1) is 0 Å². The zero-order valence-electron chi connectivity index (χ0n) is 19.2. The van der Waals surface area contributed by atoms with Crippen LogP contribution in [-0.2, 0) is 4.79 Å². The summed E-state index contributed by atoms with van der Waals surface area (Å²) in [6.45, 7) is 6.33. The molecule has 4 rings (SSSR count). The number of carbonyl (C=O) groups excluding carboxylic acids is 1. The number of hydrogen-bond acceptors (Lipinski definition) is 5. The molecule has 2 aromatic carbocycles. The quantitative estimate of drug-likeness (QED) is 0.351. The van der Waals surface area contributed by atoms with Gasteiger partial charge >= 0.3 is 0 Å². The molecule has 2 fully saturated rings. The monoisotopic (exact) mass is 462 g/mol. The number of hydrogen-bond donors (Lipinski definition) is 0. The first-order valence-electron chi connectivity index (χ1n) is 11.4. The van der Waals surface area contributed by atoms with Crippen LogP contribution in [0.25, 0.3) is 6.08 Å². The second-order valence-electron chi connectivity index (χ2n) is 8.35. The van der Waals surface area contributed by atoms with Crippen LogP contribution < -0.4 is 9.47 Å². The Morgan fingerprint density at radius 1 is 1.15 bits per heavy atom. The second kappa shape index (κ2) is 10.8. The number of methoxy groups -OCH3 is 1. The molecule has 2 aromatic rings. The van der Waals surface area contributed by atoms with Crippen LogP contribution in [0.4, 0.5) is 5.69 Å². The third kappa shape index (κ3) is 5.33. The molecular weight excluding hydrogens is 432 g/mol. The van der Waals surface area contributed by atoms with Crippen molar-refractivity contribution in [1.82, 2.24) is 4.90 Å². The molecule has 0 bridgehead atoms. The van der Waals surface area contributed by atoms with Crippen LogP contribution in [-0.4, -0.2) is 35.7 Å². The van der Waals surface area contributed by atoms with Crippen LogP contribution in [0.3, 0.4) is 0 Å². The molecule has 2 atom stereocenters. The molecule has 1 amide bonds. The van der Waals surface area contributed by atoms with Gasteiger partial charge in [0.15, 0.2) is 16.7 Å². The second-order valence-corrected chi connectivity index (χ2v) is 9.36. The summed E-state index contributed by atoms with van der Waals surface area (Å²) in [7, 11) is 1.61. The van der Waals surface area contributed by atoms with Crippen molar-refractivity contribution < 1.29 is 14.3 Å². The molecule has 1 saturated heterocycles. The van der Waals surface area contributed by atoms with Crippen LogP contribution in [0.15, 0.2) is 71.1 Å². The molecule has 0 N–H and O–H groups in total. The highest BCUT2D eigenvalue weighted by Gasteiger charge is 2.41. The highest BCUT2D eigenvalue weighted by molar-refractivity contribution is 8.18. The summed E-state index contributed by atoms with van der Waals surface area (Å²) in [6, 6.07) is 15.7. The minimum atomic E-state index is 0.0272. The lowest BCUT2D eigenvalue weighted by Crippen LogP contribution is -2.44. The summed E-state index contributed by atoms with van der Waals surface area (Å²) in [6.07, 6.45) is 8.13. The maximum atomic E-state index is 13.6. The van der Waals surface area contributed by atoms with Crippen LogP contribution in [0.2, 0.25) is 0 Å². The van der Waals surface area contributed by atoms with Crippen LogP contribution in [0.5, 0.6) is 11.5 Å². The number of nitrogens with zero attached hydrogens (tertiary/aromatic N) is 2. The smallest absolute Gasteiger partial charge is 0.267 e. The summed E-state index contributed by atoms with van der Waals surface area (Å²) < 4.78 is 11.1. The molecule has 172 valence electrons. The minimum Gasteiger partial charge on any atom is -0.493 e. The third-order valence-electron chi connectivity index (χ3n) is 6.06. The number of carbonyl (C=O) groups is 1. The number of thioether (sulfide) groups is 1. The molecule has 0 radical (unpaired) electrons. The molecule has 0 aromatic heterocycles. The normalized spacial score (nSPS) is 23.2. The first-order chi connectivity index (χ1) is 16.1. The predicted octanol–water partition coefficient (Wildman–Crippen LogP) is 6.44. The van der Waals surface area contributed by atoms with Crippen molar-refractivity contribution in [3.05, 3.63) is 71.7 Å². The summed E-state index contributed by atoms with van der Waals surface area (Å²) in [5.74, 6) is 1.75. The van der Waals surface area contributed by atoms with E-state index in [0.717, 1.165) is 35.7 Å². The fourth-order valence-electron chi connectivity index (χ4n) is 4.34. The van der Waals surface area contributed by atoms with E-state index in [4.69, 9.17) is 14.5 Å². The Hall–Kier alpha value is -2.99. The van der Waals surface area contributed by atoms with E-state index in [-0.39, 0.29) is 11.9 Å². The number of benzene rings is 2. The SMILES string of the molecule is C=CCOc1ccc(/C=C2\SC(=Nc3ccccc3)N([C@H]3CCCC[C@@H]3C)C2=O)cc1OC. The molecule has 1 aliphatic heterocycles. The van der Waals surface area contributed by atoms with E-state index in [9.17, 15) is 4.79 Å². The summed E-state index contributed by atoms with van der Waals surface area (Å²) >= 11 is 1.45. The number of para-hydroxylation sites is 1. The van der Waals surface area contributed by atoms with E-state index < -0.39 is 0 Å². The maximum Gasteiger partial charge on any atom is 0.267 e. The van der Waals surface area contributed by atoms with Gasteiger partial charge in [-0.1, -0.05) is 56.7 Å². The van der Waals surface area contributed by atoms with E-state index in [1.807, 2.05) is 59.5 Å². The van der Waals surface area contributed by atoms with Gasteiger partial charge in [0.1, 0.15) is 6.61 Å². The Bertz CT molecular complexity index is 1060. The number of aliphatic imine (C=N–C) groups is 1. The zero-order valence-corrected chi connectivity index (χ0v) is 20.0. The van der Waals surface area contributed by atoms with Crippen molar-refractivity contribution in [2.75, 3.05) is 13.7 Å². The molecule has 6 heteroatoms. The maximum absolute atomic E-state index is 13.6. The minimum absolute atomic E-state index is 0.0272. The zero-order chi connectivity index (χ0) is 23.2. The van der Waals surface area contributed by atoms with Crippen molar-refractivity contribution in [3.63, 3.8) is 0 Å². The fraction of sp³-hybridized carbons (Fsp3) is 0.333. The van der Waals surface area contributed by atoms with Crippen LogP contribution in [0, 0.1) is 5.92 Å². The number of amidine groups is 1. The molecule has 1 aliphatic carbocycles. The standard InChI is InChI=1S/C27H30N2O3S/c1-4-16-32-23-15-14-20(17-24(23)31-3)18-25-26(30)29(22-13-9-8-10-19(22)2)27(33-25)28-21-11-6-5-7-12-21/h4-7,11-12,14-15,17-19,22H,1,8-10,13,16H2,2-3H3/b25-18-,28-27?/t19-,22-/m0/s1. The van der Waals surface area contributed by atoms with Crippen LogP contribution >= 0.6 is 11.8 Å². The fourth-order valence-corrected chi connectivity index (χ4v) is 5.39. The molecule has 1 saturated carbocycles. The first kappa shape index (κ1) is 23.2. The highest BCUT2D eigenvalue weighted by atomic mass is 32.2. The van der Waals surface area contributed by atoms with E-state index in [0.29, 0.717) is 28.9 Å². The van der Waals surface area contributed by atoms with Gasteiger partial charge in [0.25, 0.3) is 5.91 Å². The van der Waals surface area contributed by atoms with E-state index in [2.05, 4.69) is 13.5 Å². The number of ether oxygens (including phenoxy) is 2. The largest absolute Gasteiger partial charge is 0.493 e. The molecular formula is C27H30N2O3S. The average Bonchev–Trinajstić information content (AvgIpc) is 3.13. The Balaban J connectivity index is 1.68. The van der Waals surface area contributed by atoms with Crippen molar-refractivity contribution in [2.24, 2.45) is 10.9 Å². The van der Waals surface area contributed by atoms with Crippen molar-refractivity contribution in [3.8, 4) is 11.5 Å². The topological polar surface area (TPSA) is 51.1 Å². The molecule has 5 nitrogen and oxygen atoms in total. The molecule has 0 spiro atoms. The average molecular weight is 463 g/mol. The van der Waals surface area contributed by atoms with E-state index in [1.165, 1.54) is 18.2 Å². The molecule has 33 heavy (non-hydrogen) atoms. The lowest BCUT2D eigenvalue weighted by Gasteiger charge is -2.35. The van der Waals surface area contributed by atoms with Gasteiger partial charge in [-0.3, -0.25) is 9.69 Å². The molecule has 2 aliphatic rings. The van der Waals surface area contributed by atoms with Gasteiger partial charge in [0.2, 0.25) is 0 Å². The Labute approximate surface area is 200 Å². The lowest BCUT2D eigenvalue weighted by atomic mass is 9.85. The van der Waals surface area contributed by atoms with Gasteiger partial charge in [-0.25, -0.2) is 4.99 Å². The molecule has 1 heterocycles. The Morgan fingerprint density at radius 3 is 2.67 bits per heavy atom. The van der Waals surface area contributed by atoms with Crippen molar-refractivity contribution >= 4 is 34.6 Å². The number of amides is 1. The summed E-state index contributed by atoms with van der Waals surface area (Å²) in [5.41, 5.74) is 1.74. The summed E-state index contributed by atoms with van der Waals surface area (Å²) in [4.78, 5) is 21.1. The van der Waals surface area contributed by atoms with Gasteiger partial charge in [-0.2, -0.15) is 0 Å². The van der Waals surface area contributed by atoms with E-state index in [1.54, 1.807) is 13.2 Å². The van der Waals surface area contributed by atoms with E-state index >= 15 is 0 Å².